The lowest BCUT2D eigenvalue weighted by molar-refractivity contribution is -0.140. The molecule has 1 aliphatic rings. The summed E-state index contributed by atoms with van der Waals surface area (Å²) in [6.07, 6.45) is -7.54. The van der Waals surface area contributed by atoms with Gasteiger partial charge in [0.25, 0.3) is 0 Å². The van der Waals surface area contributed by atoms with E-state index in [1.54, 1.807) is 23.1 Å². The van der Waals surface area contributed by atoms with Crippen molar-refractivity contribution < 1.29 is 35.6 Å². The van der Waals surface area contributed by atoms with Crippen molar-refractivity contribution >= 4 is 35.3 Å². The number of halogens is 6. The average molecular weight is 483 g/mol. The molecule has 13 heteroatoms. The van der Waals surface area contributed by atoms with Crippen molar-refractivity contribution in [3.8, 4) is 0 Å². The fraction of sp³-hybridized carbons (Fsp3) is 0.143. The van der Waals surface area contributed by atoms with Crippen LogP contribution in [0.2, 0.25) is 0 Å². The fourth-order valence-electron chi connectivity index (χ4n) is 3.28. The van der Waals surface area contributed by atoms with Crippen molar-refractivity contribution in [2.24, 2.45) is 10.7 Å². The second-order valence-corrected chi connectivity index (χ2v) is 7.16. The molecular formula is C21H15F6N5O2. The average Bonchev–Trinajstić information content (AvgIpc) is 3.23. The van der Waals surface area contributed by atoms with E-state index in [9.17, 15) is 31.1 Å². The van der Waals surface area contributed by atoms with Crippen LogP contribution >= 0.6 is 0 Å². The van der Waals surface area contributed by atoms with E-state index >= 15 is 0 Å². The molecule has 2 amide bonds. The third-order valence-corrected chi connectivity index (χ3v) is 4.92. The number of alkyl halides is 6. The number of hydrogen-bond donors (Lipinski definition) is 3. The molecule has 0 spiro atoms. The second-order valence-electron chi connectivity index (χ2n) is 7.16. The number of carbonyl (C=O) groups is 1. The Morgan fingerprint density at radius 3 is 2.32 bits per heavy atom. The zero-order valence-corrected chi connectivity index (χ0v) is 16.9. The Balaban J connectivity index is 1.49. The Labute approximate surface area is 187 Å². The highest BCUT2D eigenvalue weighted by molar-refractivity contribution is 6.00. The SMILES string of the molecule is NC1c2ccoc2N=CN1c1ccc(NC(=O)Nc2cc(C(F)(F)F)ccc2C(F)(F)F)cc1. The quantitative estimate of drug-likeness (QED) is 0.393. The summed E-state index contributed by atoms with van der Waals surface area (Å²) in [6.45, 7) is 0. The number of hydrogen-bond acceptors (Lipinski definition) is 5. The van der Waals surface area contributed by atoms with Gasteiger partial charge in [0.05, 0.1) is 28.6 Å². The van der Waals surface area contributed by atoms with Gasteiger partial charge in [-0.2, -0.15) is 26.3 Å². The van der Waals surface area contributed by atoms with Gasteiger partial charge in [-0.15, -0.1) is 0 Å². The molecule has 7 nitrogen and oxygen atoms in total. The molecule has 178 valence electrons. The van der Waals surface area contributed by atoms with Crippen molar-refractivity contribution in [3.05, 3.63) is 71.5 Å². The number of furan rings is 1. The summed E-state index contributed by atoms with van der Waals surface area (Å²) < 4.78 is 83.5. The Morgan fingerprint density at radius 2 is 1.68 bits per heavy atom. The van der Waals surface area contributed by atoms with Gasteiger partial charge in [-0.3, -0.25) is 0 Å². The maximum absolute atomic E-state index is 13.2. The zero-order chi connectivity index (χ0) is 24.7. The number of carbonyl (C=O) groups excluding carboxylic acids is 1. The molecule has 0 bridgehead atoms. The molecular weight excluding hydrogens is 468 g/mol. The Bertz CT molecular complexity index is 1230. The second kappa shape index (κ2) is 8.41. The van der Waals surface area contributed by atoms with Crippen LogP contribution in [0.1, 0.15) is 22.9 Å². The van der Waals surface area contributed by atoms with Crippen LogP contribution in [0.5, 0.6) is 0 Å². The van der Waals surface area contributed by atoms with Crippen LogP contribution in [0, 0.1) is 0 Å². The number of anilines is 3. The molecule has 34 heavy (non-hydrogen) atoms. The highest BCUT2D eigenvalue weighted by atomic mass is 19.4. The van der Waals surface area contributed by atoms with Crippen molar-refractivity contribution in [3.63, 3.8) is 0 Å². The minimum Gasteiger partial charge on any atom is -0.446 e. The van der Waals surface area contributed by atoms with Crippen LogP contribution in [-0.4, -0.2) is 12.4 Å². The van der Waals surface area contributed by atoms with Gasteiger partial charge in [0.1, 0.15) is 12.5 Å². The highest BCUT2D eigenvalue weighted by Gasteiger charge is 2.37. The van der Waals surface area contributed by atoms with Crippen molar-refractivity contribution in [1.82, 2.24) is 0 Å². The molecule has 0 fully saturated rings. The van der Waals surface area contributed by atoms with E-state index in [-0.39, 0.29) is 17.8 Å². The topological polar surface area (TPSA) is 95.9 Å². The molecule has 1 unspecified atom stereocenters. The number of urea groups is 1. The third-order valence-electron chi connectivity index (χ3n) is 4.92. The lowest BCUT2D eigenvalue weighted by Crippen LogP contribution is -2.35. The molecule has 2 heterocycles. The normalized spacial score (nSPS) is 15.7. The standard InChI is InChI=1S/C21H15F6N5O2/c22-20(23,24)11-1-6-15(21(25,26)27)16(9-11)31-19(33)30-12-2-4-13(5-3-12)32-10-29-18-14(17(32)28)7-8-34-18/h1-10,17H,28H2,(H2,30,31,33). The number of nitrogens with one attached hydrogen (secondary N) is 2. The van der Waals surface area contributed by atoms with Crippen LogP contribution in [0.25, 0.3) is 0 Å². The summed E-state index contributed by atoms with van der Waals surface area (Å²) in [7, 11) is 0. The van der Waals surface area contributed by atoms with Crippen molar-refractivity contribution in [1.29, 1.82) is 0 Å². The first-order valence-corrected chi connectivity index (χ1v) is 9.55. The highest BCUT2D eigenvalue weighted by Crippen LogP contribution is 2.39. The van der Waals surface area contributed by atoms with Gasteiger partial charge >= 0.3 is 18.4 Å². The number of aliphatic imine (C=N–C) groups is 1. The number of amides is 2. The number of nitrogens with two attached hydrogens (primary N) is 1. The van der Waals surface area contributed by atoms with Crippen LogP contribution in [-0.2, 0) is 12.4 Å². The molecule has 0 saturated heterocycles. The monoisotopic (exact) mass is 483 g/mol. The summed E-state index contributed by atoms with van der Waals surface area (Å²) >= 11 is 0. The van der Waals surface area contributed by atoms with E-state index in [2.05, 4.69) is 10.3 Å². The third kappa shape index (κ3) is 4.69. The summed E-state index contributed by atoms with van der Waals surface area (Å²) in [5, 5.41) is 4.12. The first kappa shape index (κ1) is 23.2. The molecule has 0 radical (unpaired) electrons. The predicted molar refractivity (Wildman–Crippen MR) is 112 cm³/mol. The number of fused-ring (bicyclic) bond motifs is 1. The Morgan fingerprint density at radius 1 is 0.971 bits per heavy atom. The van der Waals surface area contributed by atoms with Crippen LogP contribution < -0.4 is 21.3 Å². The molecule has 4 N–H and O–H groups in total. The predicted octanol–water partition coefficient (Wildman–Crippen LogP) is 6.10. The van der Waals surface area contributed by atoms with Gasteiger partial charge in [-0.05, 0) is 48.5 Å². The van der Waals surface area contributed by atoms with Crippen LogP contribution in [0.3, 0.4) is 0 Å². The van der Waals surface area contributed by atoms with Crippen molar-refractivity contribution in [2.75, 3.05) is 15.5 Å². The van der Waals surface area contributed by atoms with Crippen molar-refractivity contribution in [2.45, 2.75) is 18.5 Å². The van der Waals surface area contributed by atoms with Crippen LogP contribution in [0.15, 0.2) is 64.2 Å². The first-order valence-electron chi connectivity index (χ1n) is 9.55. The smallest absolute Gasteiger partial charge is 0.418 e. The molecule has 0 aliphatic carbocycles. The lowest BCUT2D eigenvalue weighted by Gasteiger charge is -2.29. The number of rotatable bonds is 3. The zero-order valence-electron chi connectivity index (χ0n) is 16.9. The molecule has 2 aromatic carbocycles. The minimum absolute atomic E-state index is 0.174. The fourth-order valence-corrected chi connectivity index (χ4v) is 3.28. The minimum atomic E-state index is -4.97. The van der Waals surface area contributed by atoms with Gasteiger partial charge in [-0.25, -0.2) is 9.79 Å². The Hall–Kier alpha value is -4.00. The maximum Gasteiger partial charge on any atom is 0.418 e. The molecule has 1 aliphatic heterocycles. The van der Waals surface area contributed by atoms with E-state index in [4.69, 9.17) is 10.2 Å². The molecule has 1 atom stereocenters. The molecule has 1 aromatic heterocycles. The lowest BCUT2D eigenvalue weighted by atomic mass is 10.1. The number of nitrogens with zero attached hydrogens (tertiary/aromatic N) is 2. The first-order chi connectivity index (χ1) is 15.9. The van der Waals surface area contributed by atoms with Gasteiger partial charge in [0.2, 0.25) is 5.88 Å². The van der Waals surface area contributed by atoms with E-state index in [1.807, 2.05) is 5.32 Å². The van der Waals surface area contributed by atoms with Gasteiger partial charge in [-0.1, -0.05) is 0 Å². The molecule has 3 aromatic rings. The summed E-state index contributed by atoms with van der Waals surface area (Å²) in [6, 6.07) is 7.33. The van der Waals surface area contributed by atoms with E-state index in [0.29, 0.717) is 23.2 Å². The van der Waals surface area contributed by atoms with Gasteiger partial charge < -0.3 is 25.7 Å². The summed E-state index contributed by atoms with van der Waals surface area (Å²) in [5.74, 6) is 0.381. The van der Waals surface area contributed by atoms with Crippen LogP contribution in [0.4, 0.5) is 54.1 Å². The van der Waals surface area contributed by atoms with Gasteiger partial charge in [0, 0.05) is 11.4 Å². The maximum atomic E-state index is 13.2. The molecule has 4 rings (SSSR count). The van der Waals surface area contributed by atoms with E-state index in [0.717, 1.165) is 0 Å². The van der Waals surface area contributed by atoms with E-state index in [1.165, 1.54) is 24.7 Å². The van der Waals surface area contributed by atoms with E-state index < -0.39 is 41.4 Å². The summed E-state index contributed by atoms with van der Waals surface area (Å²) in [4.78, 5) is 18.0. The number of benzene rings is 2. The Kier molecular flexibility index (Phi) is 5.73. The largest absolute Gasteiger partial charge is 0.446 e. The summed E-state index contributed by atoms with van der Waals surface area (Å²) in [5.41, 5.74) is 3.84. The molecule has 0 saturated carbocycles. The van der Waals surface area contributed by atoms with Gasteiger partial charge in [0.15, 0.2) is 0 Å².